The molecule has 0 saturated heterocycles. The molecule has 5 heteroatoms. The number of carboxylic acids is 1. The lowest BCUT2D eigenvalue weighted by atomic mass is 10.3. The van der Waals surface area contributed by atoms with Gasteiger partial charge in [0.15, 0.2) is 0 Å². The molecule has 0 amide bonds. The molecule has 0 aliphatic carbocycles. The highest BCUT2D eigenvalue weighted by Crippen LogP contribution is 2.10. The van der Waals surface area contributed by atoms with Crippen molar-refractivity contribution in [3.63, 3.8) is 0 Å². The van der Waals surface area contributed by atoms with E-state index in [4.69, 9.17) is 5.11 Å². The van der Waals surface area contributed by atoms with Crippen molar-refractivity contribution < 1.29 is 9.90 Å². The van der Waals surface area contributed by atoms with Gasteiger partial charge in [-0.2, -0.15) is 0 Å². The predicted octanol–water partition coefficient (Wildman–Crippen LogP) is 1.52. The van der Waals surface area contributed by atoms with Crippen molar-refractivity contribution in [1.82, 2.24) is 9.97 Å². The highest BCUT2D eigenvalue weighted by atomic mass is 16.4. The second kappa shape index (κ2) is 4.57. The van der Waals surface area contributed by atoms with E-state index in [1.165, 1.54) is 0 Å². The molecule has 0 radical (unpaired) electrons. The van der Waals surface area contributed by atoms with Crippen LogP contribution in [-0.2, 0) is 4.79 Å². The molecule has 1 aromatic heterocycles. The molecule has 2 N–H and O–H groups in total. The van der Waals surface area contributed by atoms with Gasteiger partial charge in [0.1, 0.15) is 5.82 Å². The lowest BCUT2D eigenvalue weighted by Crippen LogP contribution is -2.08. The van der Waals surface area contributed by atoms with E-state index in [2.05, 4.69) is 15.3 Å². The fraction of sp³-hybridized carbons (Fsp3) is 0.182. The molecule has 0 saturated carbocycles. The minimum atomic E-state index is -0.832. The summed E-state index contributed by atoms with van der Waals surface area (Å²) >= 11 is 0. The Morgan fingerprint density at radius 2 is 2.06 bits per heavy atom. The van der Waals surface area contributed by atoms with Crippen molar-refractivity contribution in [1.29, 1.82) is 0 Å². The minimum absolute atomic E-state index is 0.0640. The van der Waals surface area contributed by atoms with Crippen LogP contribution in [0.25, 0.3) is 11.0 Å². The second-order valence-corrected chi connectivity index (χ2v) is 3.31. The normalized spacial score (nSPS) is 10.2. The molecule has 0 fully saturated rings. The summed E-state index contributed by atoms with van der Waals surface area (Å²) < 4.78 is 0. The Labute approximate surface area is 92.2 Å². The van der Waals surface area contributed by atoms with Gasteiger partial charge in [0.05, 0.1) is 23.7 Å². The third-order valence-corrected chi connectivity index (χ3v) is 2.09. The summed E-state index contributed by atoms with van der Waals surface area (Å²) in [7, 11) is 0. The maximum atomic E-state index is 10.3. The van der Waals surface area contributed by atoms with Crippen molar-refractivity contribution in [2.24, 2.45) is 0 Å². The largest absolute Gasteiger partial charge is 0.481 e. The van der Waals surface area contributed by atoms with Crippen LogP contribution in [-0.4, -0.2) is 27.6 Å². The second-order valence-electron chi connectivity index (χ2n) is 3.31. The zero-order chi connectivity index (χ0) is 11.4. The maximum absolute atomic E-state index is 10.3. The van der Waals surface area contributed by atoms with Crippen LogP contribution in [0.15, 0.2) is 30.5 Å². The molecule has 0 bridgehead atoms. The zero-order valence-corrected chi connectivity index (χ0v) is 8.55. The number of benzene rings is 1. The van der Waals surface area contributed by atoms with Gasteiger partial charge >= 0.3 is 5.97 Å². The van der Waals surface area contributed by atoms with Crippen molar-refractivity contribution in [2.45, 2.75) is 6.42 Å². The number of para-hydroxylation sites is 2. The number of hydrogen-bond acceptors (Lipinski definition) is 4. The van der Waals surface area contributed by atoms with Crippen LogP contribution in [0.3, 0.4) is 0 Å². The number of carbonyl (C=O) groups is 1. The first kappa shape index (κ1) is 10.4. The summed E-state index contributed by atoms with van der Waals surface area (Å²) in [5.41, 5.74) is 1.62. The topological polar surface area (TPSA) is 75.1 Å². The van der Waals surface area contributed by atoms with Gasteiger partial charge in [-0.05, 0) is 12.1 Å². The molecule has 1 heterocycles. The third kappa shape index (κ3) is 2.44. The van der Waals surface area contributed by atoms with E-state index in [0.717, 1.165) is 11.0 Å². The number of anilines is 1. The molecular formula is C11H11N3O2. The predicted molar refractivity (Wildman–Crippen MR) is 60.3 cm³/mol. The highest BCUT2D eigenvalue weighted by Gasteiger charge is 2.00. The Balaban J connectivity index is 2.10. The van der Waals surface area contributed by atoms with Gasteiger partial charge < -0.3 is 10.4 Å². The average Bonchev–Trinajstić information content (AvgIpc) is 2.28. The molecule has 16 heavy (non-hydrogen) atoms. The Morgan fingerprint density at radius 1 is 1.31 bits per heavy atom. The fourth-order valence-electron chi connectivity index (χ4n) is 1.34. The number of aromatic nitrogens is 2. The number of nitrogens with one attached hydrogen (secondary N) is 1. The summed E-state index contributed by atoms with van der Waals surface area (Å²) in [5, 5.41) is 11.4. The summed E-state index contributed by atoms with van der Waals surface area (Å²) in [6, 6.07) is 7.53. The molecule has 0 spiro atoms. The molecule has 0 atom stereocenters. The van der Waals surface area contributed by atoms with Gasteiger partial charge in [-0.3, -0.25) is 9.78 Å². The first-order chi connectivity index (χ1) is 7.75. The van der Waals surface area contributed by atoms with Crippen LogP contribution in [0.2, 0.25) is 0 Å². The maximum Gasteiger partial charge on any atom is 0.305 e. The SMILES string of the molecule is O=C(O)CCNc1cnc2ccccc2n1. The van der Waals surface area contributed by atoms with Crippen molar-refractivity contribution >= 4 is 22.8 Å². The van der Waals surface area contributed by atoms with Crippen LogP contribution in [0.1, 0.15) is 6.42 Å². The molecule has 0 aliphatic heterocycles. The van der Waals surface area contributed by atoms with E-state index in [0.29, 0.717) is 12.4 Å². The van der Waals surface area contributed by atoms with Crippen molar-refractivity contribution in [3.05, 3.63) is 30.5 Å². The summed E-state index contributed by atoms with van der Waals surface area (Å²) in [6.07, 6.45) is 1.67. The molecular weight excluding hydrogens is 206 g/mol. The van der Waals surface area contributed by atoms with E-state index < -0.39 is 5.97 Å². The van der Waals surface area contributed by atoms with E-state index >= 15 is 0 Å². The third-order valence-electron chi connectivity index (χ3n) is 2.09. The van der Waals surface area contributed by atoms with Gasteiger partial charge in [-0.25, -0.2) is 4.98 Å². The van der Waals surface area contributed by atoms with Crippen LogP contribution < -0.4 is 5.32 Å². The van der Waals surface area contributed by atoms with E-state index in [1.807, 2.05) is 24.3 Å². The smallest absolute Gasteiger partial charge is 0.305 e. The number of aliphatic carboxylic acids is 1. The molecule has 82 valence electrons. The van der Waals surface area contributed by atoms with E-state index in [-0.39, 0.29) is 6.42 Å². The first-order valence-corrected chi connectivity index (χ1v) is 4.93. The van der Waals surface area contributed by atoms with Crippen molar-refractivity contribution in [2.75, 3.05) is 11.9 Å². The number of hydrogen-bond donors (Lipinski definition) is 2. The lowest BCUT2D eigenvalue weighted by Gasteiger charge is -2.04. The van der Waals surface area contributed by atoms with E-state index in [9.17, 15) is 4.79 Å². The van der Waals surface area contributed by atoms with Crippen LogP contribution in [0.5, 0.6) is 0 Å². The minimum Gasteiger partial charge on any atom is -0.481 e. The Bertz CT molecular complexity index is 513. The summed E-state index contributed by atoms with van der Waals surface area (Å²) in [6.45, 7) is 0.350. The Hall–Kier alpha value is -2.17. The summed E-state index contributed by atoms with van der Waals surface area (Å²) in [4.78, 5) is 18.8. The molecule has 0 aliphatic rings. The van der Waals surface area contributed by atoms with Gasteiger partial charge in [0.2, 0.25) is 0 Å². The Morgan fingerprint density at radius 3 is 2.81 bits per heavy atom. The van der Waals surface area contributed by atoms with E-state index in [1.54, 1.807) is 6.20 Å². The summed E-state index contributed by atoms with van der Waals surface area (Å²) in [5.74, 6) is -0.235. The number of rotatable bonds is 4. The quantitative estimate of drug-likeness (QED) is 0.812. The van der Waals surface area contributed by atoms with Gasteiger partial charge in [0.25, 0.3) is 0 Å². The number of carboxylic acid groups (broad SMARTS) is 1. The van der Waals surface area contributed by atoms with Gasteiger partial charge in [-0.1, -0.05) is 12.1 Å². The average molecular weight is 217 g/mol. The molecule has 5 nitrogen and oxygen atoms in total. The molecule has 1 aromatic carbocycles. The standard InChI is InChI=1S/C11H11N3O2/c15-11(16)5-6-12-10-7-13-8-3-1-2-4-9(8)14-10/h1-4,7H,5-6H2,(H,12,14)(H,15,16). The molecule has 0 unspecified atom stereocenters. The van der Waals surface area contributed by atoms with Gasteiger partial charge in [-0.15, -0.1) is 0 Å². The molecule has 2 aromatic rings. The fourth-order valence-corrected chi connectivity index (χ4v) is 1.34. The number of nitrogens with zero attached hydrogens (tertiary/aromatic N) is 2. The van der Waals surface area contributed by atoms with Crippen LogP contribution >= 0.6 is 0 Å². The zero-order valence-electron chi connectivity index (χ0n) is 8.55. The lowest BCUT2D eigenvalue weighted by molar-refractivity contribution is -0.136. The number of fused-ring (bicyclic) bond motifs is 1. The highest BCUT2D eigenvalue weighted by molar-refractivity contribution is 5.75. The first-order valence-electron chi connectivity index (χ1n) is 4.93. The Kier molecular flexibility index (Phi) is 2.95. The van der Waals surface area contributed by atoms with Crippen LogP contribution in [0, 0.1) is 0 Å². The monoisotopic (exact) mass is 217 g/mol. The van der Waals surface area contributed by atoms with Crippen molar-refractivity contribution in [3.8, 4) is 0 Å². The molecule has 2 rings (SSSR count). The van der Waals surface area contributed by atoms with Crippen LogP contribution in [0.4, 0.5) is 5.82 Å². The van der Waals surface area contributed by atoms with Gasteiger partial charge in [0, 0.05) is 6.54 Å².